The van der Waals surface area contributed by atoms with Crippen molar-refractivity contribution in [3.05, 3.63) is 71.0 Å². The lowest BCUT2D eigenvalue weighted by atomic mass is 10.1. The van der Waals surface area contributed by atoms with Crippen molar-refractivity contribution < 1.29 is 5.11 Å². The topological polar surface area (TPSA) is 125 Å². The molecule has 9 nitrogen and oxygen atoms in total. The number of hydrogen-bond donors (Lipinski definition) is 2. The van der Waals surface area contributed by atoms with Gasteiger partial charge in [0.1, 0.15) is 35.5 Å². The minimum Gasteiger partial charge on any atom is -0.508 e. The number of rotatable bonds is 4. The van der Waals surface area contributed by atoms with Gasteiger partial charge in [-0.15, -0.1) is 0 Å². The Morgan fingerprint density at radius 3 is 2.73 bits per heavy atom. The summed E-state index contributed by atoms with van der Waals surface area (Å²) in [5.74, 6) is 1.05. The lowest BCUT2D eigenvalue weighted by Crippen LogP contribution is -2.28. The van der Waals surface area contributed by atoms with Gasteiger partial charge in [-0.3, -0.25) is 9.36 Å². The van der Waals surface area contributed by atoms with Crippen molar-refractivity contribution in [2.75, 3.05) is 5.73 Å². The summed E-state index contributed by atoms with van der Waals surface area (Å²) in [6.07, 6.45) is 3.29. The quantitative estimate of drug-likeness (QED) is 0.439. The number of anilines is 1. The zero-order chi connectivity index (χ0) is 22.7. The van der Waals surface area contributed by atoms with E-state index >= 15 is 0 Å². The number of phenols is 1. The summed E-state index contributed by atoms with van der Waals surface area (Å²) in [6.45, 7) is 1.95. The van der Waals surface area contributed by atoms with Gasteiger partial charge in [-0.2, -0.15) is 5.10 Å². The second-order valence-electron chi connectivity index (χ2n) is 8.37. The van der Waals surface area contributed by atoms with Gasteiger partial charge in [-0.25, -0.2) is 19.6 Å². The number of aromatic hydroxyl groups is 1. The second kappa shape index (κ2) is 7.13. The molecule has 3 aromatic heterocycles. The van der Waals surface area contributed by atoms with Crippen molar-refractivity contribution in [2.45, 2.75) is 31.8 Å². The molecule has 1 atom stereocenters. The fraction of sp³-hybridized carbons (Fsp3) is 0.208. The van der Waals surface area contributed by atoms with Crippen LogP contribution in [0.1, 0.15) is 37.7 Å². The van der Waals surface area contributed by atoms with Crippen molar-refractivity contribution in [1.82, 2.24) is 29.3 Å². The summed E-state index contributed by atoms with van der Waals surface area (Å²) < 4.78 is 3.54. The van der Waals surface area contributed by atoms with E-state index in [1.165, 1.54) is 6.33 Å². The molecule has 0 aliphatic heterocycles. The van der Waals surface area contributed by atoms with Crippen LogP contribution in [0.2, 0.25) is 0 Å². The lowest BCUT2D eigenvalue weighted by molar-refractivity contribution is 0.475. The first kappa shape index (κ1) is 19.4. The Hall–Kier alpha value is -4.27. The summed E-state index contributed by atoms with van der Waals surface area (Å²) in [5, 5.41) is 16.0. The van der Waals surface area contributed by atoms with E-state index < -0.39 is 6.04 Å². The number of nitrogens with zero attached hydrogens (tertiary/aromatic N) is 6. The maximum absolute atomic E-state index is 13.4. The average Bonchev–Trinajstić information content (AvgIpc) is 3.57. The molecule has 6 rings (SSSR count). The first-order valence-electron chi connectivity index (χ1n) is 10.8. The fourth-order valence-corrected chi connectivity index (χ4v) is 4.37. The van der Waals surface area contributed by atoms with Gasteiger partial charge in [0.05, 0.1) is 16.3 Å². The van der Waals surface area contributed by atoms with Gasteiger partial charge < -0.3 is 10.8 Å². The highest BCUT2D eigenvalue weighted by atomic mass is 16.3. The van der Waals surface area contributed by atoms with E-state index in [-0.39, 0.29) is 17.4 Å². The number of fused-ring (bicyclic) bond motifs is 2. The molecule has 2 aromatic carbocycles. The number of nitrogens with two attached hydrogens (primary N) is 1. The van der Waals surface area contributed by atoms with Gasteiger partial charge >= 0.3 is 0 Å². The molecule has 1 fully saturated rings. The first-order valence-corrected chi connectivity index (χ1v) is 10.8. The Labute approximate surface area is 188 Å². The summed E-state index contributed by atoms with van der Waals surface area (Å²) >= 11 is 0. The van der Waals surface area contributed by atoms with E-state index in [1.54, 1.807) is 27.4 Å². The molecule has 1 unspecified atom stereocenters. The van der Waals surface area contributed by atoms with Crippen LogP contribution in [0, 0.1) is 0 Å². The Bertz CT molecular complexity index is 1600. The zero-order valence-electron chi connectivity index (χ0n) is 17.9. The summed E-state index contributed by atoms with van der Waals surface area (Å²) in [4.78, 5) is 26.9. The van der Waals surface area contributed by atoms with E-state index in [0.29, 0.717) is 44.8 Å². The number of hydrogen-bond acceptors (Lipinski definition) is 7. The van der Waals surface area contributed by atoms with Gasteiger partial charge in [0.25, 0.3) is 5.56 Å². The van der Waals surface area contributed by atoms with Crippen LogP contribution < -0.4 is 11.3 Å². The minimum atomic E-state index is -0.397. The minimum absolute atomic E-state index is 0.0382. The monoisotopic (exact) mass is 439 g/mol. The molecule has 3 N–H and O–H groups in total. The number of phenolic OH excluding ortho intramolecular Hbond substituents is 1. The SMILES string of the molecule is CC(c1nc2ccccc2c(=O)n1C1CC1)n1nc(-c2cccc(O)c2)c2c(N)ncnc21. The van der Waals surface area contributed by atoms with Gasteiger partial charge in [0.15, 0.2) is 5.65 Å². The molecule has 1 saturated carbocycles. The third kappa shape index (κ3) is 3.04. The van der Waals surface area contributed by atoms with Crippen LogP contribution in [0.15, 0.2) is 59.7 Å². The molecule has 9 heteroatoms. The standard InChI is InChI=1S/C24H21N7O2/c1-13(22-28-18-8-3-2-7-17(18)24(33)30(22)15-9-10-15)31-23-19(21(25)26-12-27-23)20(29-31)14-5-4-6-16(32)11-14/h2-8,11-13,15,32H,9-10H2,1H3,(H2,25,26,27). The smallest absolute Gasteiger partial charge is 0.261 e. The summed E-state index contributed by atoms with van der Waals surface area (Å²) in [6, 6.07) is 13.9. The zero-order valence-corrected chi connectivity index (χ0v) is 17.9. The van der Waals surface area contributed by atoms with Crippen LogP contribution in [0.3, 0.4) is 0 Å². The largest absolute Gasteiger partial charge is 0.508 e. The highest BCUT2D eigenvalue weighted by Gasteiger charge is 2.32. The number of nitrogen functional groups attached to an aromatic ring is 1. The number of benzene rings is 2. The molecule has 0 amide bonds. The Morgan fingerprint density at radius 2 is 1.94 bits per heavy atom. The van der Waals surface area contributed by atoms with Crippen LogP contribution >= 0.6 is 0 Å². The lowest BCUT2D eigenvalue weighted by Gasteiger charge is -2.19. The Morgan fingerprint density at radius 1 is 1.12 bits per heavy atom. The number of aromatic nitrogens is 6. The molecule has 0 radical (unpaired) electrons. The summed E-state index contributed by atoms with van der Waals surface area (Å²) in [5.41, 5.74) is 8.64. The fourth-order valence-electron chi connectivity index (χ4n) is 4.37. The summed E-state index contributed by atoms with van der Waals surface area (Å²) in [7, 11) is 0. The molecule has 0 spiro atoms. The highest BCUT2D eigenvalue weighted by Crippen LogP contribution is 2.38. The molecular weight excluding hydrogens is 418 g/mol. The molecular formula is C24H21N7O2. The van der Waals surface area contributed by atoms with Gasteiger partial charge in [0.2, 0.25) is 0 Å². The van der Waals surface area contributed by atoms with E-state index in [1.807, 2.05) is 37.3 Å². The van der Waals surface area contributed by atoms with E-state index in [0.717, 1.165) is 12.8 Å². The molecule has 0 saturated heterocycles. The molecule has 3 heterocycles. The maximum atomic E-state index is 13.4. The first-order chi connectivity index (χ1) is 16.0. The van der Waals surface area contributed by atoms with Crippen LogP contribution in [0.25, 0.3) is 33.2 Å². The number of para-hydroxylation sites is 1. The van der Waals surface area contributed by atoms with E-state index in [4.69, 9.17) is 15.8 Å². The predicted octanol–water partition coefficient (Wildman–Crippen LogP) is 3.44. The molecule has 1 aliphatic carbocycles. The van der Waals surface area contributed by atoms with Crippen LogP contribution in [0.5, 0.6) is 5.75 Å². The van der Waals surface area contributed by atoms with Crippen LogP contribution in [-0.4, -0.2) is 34.4 Å². The van der Waals surface area contributed by atoms with E-state index in [2.05, 4.69) is 9.97 Å². The van der Waals surface area contributed by atoms with Crippen molar-refractivity contribution in [1.29, 1.82) is 0 Å². The van der Waals surface area contributed by atoms with Crippen molar-refractivity contribution in [3.63, 3.8) is 0 Å². The van der Waals surface area contributed by atoms with Gasteiger partial charge in [-0.1, -0.05) is 24.3 Å². The van der Waals surface area contributed by atoms with Crippen LogP contribution in [0.4, 0.5) is 5.82 Å². The molecule has 5 aromatic rings. The van der Waals surface area contributed by atoms with Crippen LogP contribution in [-0.2, 0) is 0 Å². The third-order valence-corrected chi connectivity index (χ3v) is 6.13. The predicted molar refractivity (Wildman–Crippen MR) is 125 cm³/mol. The normalized spacial score (nSPS) is 14.7. The molecule has 0 bridgehead atoms. The Balaban J connectivity index is 1.61. The molecule has 33 heavy (non-hydrogen) atoms. The van der Waals surface area contributed by atoms with Gasteiger partial charge in [-0.05, 0) is 44.0 Å². The third-order valence-electron chi connectivity index (χ3n) is 6.13. The molecule has 1 aliphatic rings. The van der Waals surface area contributed by atoms with E-state index in [9.17, 15) is 9.90 Å². The highest BCUT2D eigenvalue weighted by molar-refractivity contribution is 5.98. The van der Waals surface area contributed by atoms with Gasteiger partial charge in [0, 0.05) is 11.6 Å². The second-order valence-corrected chi connectivity index (χ2v) is 8.37. The molecule has 164 valence electrons. The average molecular weight is 439 g/mol. The van der Waals surface area contributed by atoms with Crippen molar-refractivity contribution in [3.8, 4) is 17.0 Å². The van der Waals surface area contributed by atoms with Crippen molar-refractivity contribution in [2.24, 2.45) is 0 Å². The maximum Gasteiger partial charge on any atom is 0.261 e. The Kier molecular flexibility index (Phi) is 4.19. The van der Waals surface area contributed by atoms with Crippen molar-refractivity contribution >= 4 is 27.8 Å².